The van der Waals surface area contributed by atoms with Gasteiger partial charge in [-0.25, -0.2) is 0 Å². The first-order valence-corrected chi connectivity index (χ1v) is 9.57. The fourth-order valence-corrected chi connectivity index (χ4v) is 3.97. The lowest BCUT2D eigenvalue weighted by Gasteiger charge is -2.39. The quantitative estimate of drug-likeness (QED) is 0.805. The fraction of sp³-hybridized carbons (Fsp3) is 0.650. The van der Waals surface area contributed by atoms with E-state index in [1.165, 1.54) is 0 Å². The summed E-state index contributed by atoms with van der Waals surface area (Å²) in [5.74, 6) is 0.342. The minimum absolute atomic E-state index is 0.138. The van der Waals surface area contributed by atoms with Crippen LogP contribution in [-0.4, -0.2) is 70.8 Å². The van der Waals surface area contributed by atoms with E-state index in [-0.39, 0.29) is 17.2 Å². The highest BCUT2D eigenvalue weighted by Crippen LogP contribution is 2.40. The Bertz CT molecular complexity index is 648. The number of amides is 2. The van der Waals surface area contributed by atoms with Gasteiger partial charge in [0.15, 0.2) is 0 Å². The first kappa shape index (κ1) is 18.8. The molecule has 3 heterocycles. The second-order valence-electron chi connectivity index (χ2n) is 8.05. The monoisotopic (exact) mass is 358 g/mol. The number of hydrogen-bond donors (Lipinski definition) is 0. The molecule has 1 unspecified atom stereocenters. The molecule has 142 valence electrons. The van der Waals surface area contributed by atoms with Crippen LogP contribution < -0.4 is 0 Å². The Morgan fingerprint density at radius 1 is 1.35 bits per heavy atom. The molecule has 2 aliphatic rings. The van der Waals surface area contributed by atoms with Crippen molar-refractivity contribution >= 4 is 11.8 Å². The van der Waals surface area contributed by atoms with Gasteiger partial charge in [0.25, 0.3) is 0 Å². The van der Waals surface area contributed by atoms with Gasteiger partial charge >= 0.3 is 0 Å². The van der Waals surface area contributed by atoms with Crippen LogP contribution in [0.25, 0.3) is 0 Å². The second-order valence-corrected chi connectivity index (χ2v) is 8.05. The third kappa shape index (κ3) is 3.90. The minimum Gasteiger partial charge on any atom is -0.341 e. The summed E-state index contributed by atoms with van der Waals surface area (Å²) in [6.45, 7) is 7.30. The average molecular weight is 358 g/mol. The molecule has 26 heavy (non-hydrogen) atoms. The molecule has 6 heteroatoms. The highest BCUT2D eigenvalue weighted by Gasteiger charge is 2.49. The van der Waals surface area contributed by atoms with E-state index in [1.807, 2.05) is 35.2 Å². The normalized spacial score (nSPS) is 23.5. The van der Waals surface area contributed by atoms with Crippen molar-refractivity contribution in [1.82, 2.24) is 19.7 Å². The molecule has 2 amide bonds. The first-order valence-electron chi connectivity index (χ1n) is 9.57. The van der Waals surface area contributed by atoms with Crippen molar-refractivity contribution in [2.75, 3.05) is 33.2 Å². The summed E-state index contributed by atoms with van der Waals surface area (Å²) in [6.07, 6.45) is 6.20. The maximum Gasteiger partial charge on any atom is 0.236 e. The fourth-order valence-electron chi connectivity index (χ4n) is 3.97. The van der Waals surface area contributed by atoms with Gasteiger partial charge in [0, 0.05) is 44.6 Å². The van der Waals surface area contributed by atoms with Crippen LogP contribution in [0.3, 0.4) is 0 Å². The molecule has 3 rings (SSSR count). The number of rotatable bonds is 5. The lowest BCUT2D eigenvalue weighted by Crippen LogP contribution is -2.52. The van der Waals surface area contributed by atoms with Crippen molar-refractivity contribution in [3.63, 3.8) is 0 Å². The Balaban J connectivity index is 1.64. The summed E-state index contributed by atoms with van der Waals surface area (Å²) in [6, 6.07) is 4.24. The van der Waals surface area contributed by atoms with Crippen LogP contribution in [-0.2, 0) is 16.1 Å². The van der Waals surface area contributed by atoms with Crippen molar-refractivity contribution in [2.45, 2.75) is 45.7 Å². The van der Waals surface area contributed by atoms with Crippen LogP contribution >= 0.6 is 0 Å². The van der Waals surface area contributed by atoms with E-state index in [1.54, 1.807) is 6.20 Å². The number of nitrogens with zero attached hydrogens (tertiary/aromatic N) is 4. The lowest BCUT2D eigenvalue weighted by molar-refractivity contribution is -0.144. The van der Waals surface area contributed by atoms with Gasteiger partial charge in [-0.05, 0) is 51.8 Å². The predicted octanol–water partition coefficient (Wildman–Crippen LogP) is 1.76. The number of pyridine rings is 1. The van der Waals surface area contributed by atoms with Crippen LogP contribution in [0.5, 0.6) is 0 Å². The van der Waals surface area contributed by atoms with Crippen molar-refractivity contribution in [3.05, 3.63) is 30.1 Å². The van der Waals surface area contributed by atoms with E-state index < -0.39 is 0 Å². The third-order valence-corrected chi connectivity index (χ3v) is 5.89. The molecule has 1 spiro atoms. The molecule has 2 saturated heterocycles. The summed E-state index contributed by atoms with van der Waals surface area (Å²) < 4.78 is 0. The third-order valence-electron chi connectivity index (χ3n) is 5.89. The molecular weight excluding hydrogens is 328 g/mol. The zero-order chi connectivity index (χ0) is 18.7. The molecule has 2 fully saturated rings. The van der Waals surface area contributed by atoms with Gasteiger partial charge in [0.2, 0.25) is 11.8 Å². The number of piperidine rings is 1. The molecule has 0 saturated carbocycles. The molecule has 0 aromatic carbocycles. The van der Waals surface area contributed by atoms with Crippen LogP contribution in [0.2, 0.25) is 0 Å². The van der Waals surface area contributed by atoms with E-state index in [9.17, 15) is 9.59 Å². The van der Waals surface area contributed by atoms with Crippen LogP contribution in [0.4, 0.5) is 0 Å². The molecule has 0 bridgehead atoms. The number of carbonyl (C=O) groups excluding carboxylic acids is 2. The van der Waals surface area contributed by atoms with E-state index >= 15 is 0 Å². The molecule has 1 aromatic heterocycles. The van der Waals surface area contributed by atoms with Gasteiger partial charge in [0.05, 0.1) is 12.0 Å². The zero-order valence-electron chi connectivity index (χ0n) is 16.1. The zero-order valence-corrected chi connectivity index (χ0v) is 16.1. The number of likely N-dealkylation sites (N-methyl/N-ethyl adjacent to an activating group) is 1. The van der Waals surface area contributed by atoms with E-state index in [0.717, 1.165) is 37.9 Å². The topological polar surface area (TPSA) is 56.8 Å². The molecular formula is C20H30N4O2. The Labute approximate surface area is 156 Å². The van der Waals surface area contributed by atoms with Gasteiger partial charge < -0.3 is 9.80 Å². The Hall–Kier alpha value is -1.95. The van der Waals surface area contributed by atoms with Crippen LogP contribution in [0, 0.1) is 5.41 Å². The molecule has 1 atom stereocenters. The van der Waals surface area contributed by atoms with Gasteiger partial charge in [-0.3, -0.25) is 19.5 Å². The Morgan fingerprint density at radius 3 is 2.85 bits per heavy atom. The van der Waals surface area contributed by atoms with Crippen molar-refractivity contribution in [3.8, 4) is 0 Å². The second kappa shape index (κ2) is 7.74. The number of likely N-dealkylation sites (tertiary alicyclic amines) is 2. The summed E-state index contributed by atoms with van der Waals surface area (Å²) in [5, 5.41) is 0. The number of aromatic nitrogens is 1. The average Bonchev–Trinajstić information content (AvgIpc) is 2.92. The molecule has 1 aromatic rings. The summed E-state index contributed by atoms with van der Waals surface area (Å²) in [7, 11) is 1.97. The lowest BCUT2D eigenvalue weighted by atomic mass is 9.78. The minimum atomic E-state index is -0.382. The standard InChI is InChI=1S/C20H30N4O2/c1-16(2)22(3)14-18(25)24-10-5-7-20(15-24)8-11-23(19(20)26)13-17-6-4-9-21-12-17/h4,6,9,12,16H,5,7-8,10-11,13-15H2,1-3H3. The highest BCUT2D eigenvalue weighted by atomic mass is 16.2. The summed E-state index contributed by atoms with van der Waals surface area (Å²) in [5.41, 5.74) is 0.673. The van der Waals surface area contributed by atoms with Crippen molar-refractivity contribution in [2.24, 2.45) is 5.41 Å². The van der Waals surface area contributed by atoms with Crippen molar-refractivity contribution < 1.29 is 9.59 Å². The predicted molar refractivity (Wildman–Crippen MR) is 100 cm³/mol. The molecule has 6 nitrogen and oxygen atoms in total. The van der Waals surface area contributed by atoms with Crippen molar-refractivity contribution in [1.29, 1.82) is 0 Å². The van der Waals surface area contributed by atoms with Gasteiger partial charge in [0.1, 0.15) is 0 Å². The summed E-state index contributed by atoms with van der Waals surface area (Å²) in [4.78, 5) is 35.9. The molecule has 0 radical (unpaired) electrons. The van der Waals surface area contributed by atoms with Gasteiger partial charge in [-0.15, -0.1) is 0 Å². The largest absolute Gasteiger partial charge is 0.341 e. The first-order chi connectivity index (χ1) is 12.4. The maximum absolute atomic E-state index is 13.1. The molecule has 2 aliphatic heterocycles. The maximum atomic E-state index is 13.1. The smallest absolute Gasteiger partial charge is 0.236 e. The van der Waals surface area contributed by atoms with Crippen LogP contribution in [0.15, 0.2) is 24.5 Å². The number of hydrogen-bond acceptors (Lipinski definition) is 4. The number of carbonyl (C=O) groups is 2. The SMILES string of the molecule is CC(C)N(C)CC(=O)N1CCCC2(CCN(Cc3cccnc3)C2=O)C1. The van der Waals surface area contributed by atoms with E-state index in [0.29, 0.717) is 25.7 Å². The Kier molecular flexibility index (Phi) is 5.61. The van der Waals surface area contributed by atoms with E-state index in [2.05, 4.69) is 23.7 Å². The van der Waals surface area contributed by atoms with Crippen LogP contribution in [0.1, 0.15) is 38.7 Å². The summed E-state index contributed by atoms with van der Waals surface area (Å²) >= 11 is 0. The van der Waals surface area contributed by atoms with Gasteiger partial charge in [-0.2, -0.15) is 0 Å². The highest BCUT2D eigenvalue weighted by molar-refractivity contribution is 5.86. The molecule has 0 aliphatic carbocycles. The van der Waals surface area contributed by atoms with Gasteiger partial charge in [-0.1, -0.05) is 6.07 Å². The Morgan fingerprint density at radius 2 is 2.15 bits per heavy atom. The van der Waals surface area contributed by atoms with E-state index in [4.69, 9.17) is 0 Å². The molecule has 0 N–H and O–H groups in total.